The molecule has 0 amide bonds. The molecule has 1 aromatic carbocycles. The fourth-order valence-electron chi connectivity index (χ4n) is 2.38. The summed E-state index contributed by atoms with van der Waals surface area (Å²) in [5.41, 5.74) is 2.92. The van der Waals surface area contributed by atoms with Gasteiger partial charge in [-0.15, -0.1) is 0 Å². The van der Waals surface area contributed by atoms with Crippen molar-refractivity contribution in [2.45, 2.75) is 45.6 Å². The van der Waals surface area contributed by atoms with Crippen LogP contribution in [0.25, 0.3) is 0 Å². The van der Waals surface area contributed by atoms with E-state index in [1.807, 2.05) is 0 Å². The van der Waals surface area contributed by atoms with Crippen LogP contribution in [0.15, 0.2) is 24.3 Å². The highest BCUT2D eigenvalue weighted by atomic mass is 16.5. The van der Waals surface area contributed by atoms with Crippen molar-refractivity contribution >= 4 is 0 Å². The molecule has 1 aliphatic rings. The van der Waals surface area contributed by atoms with Crippen molar-refractivity contribution in [3.63, 3.8) is 0 Å². The van der Waals surface area contributed by atoms with E-state index < -0.39 is 0 Å². The topological polar surface area (TPSA) is 9.23 Å². The third kappa shape index (κ3) is 2.65. The lowest BCUT2D eigenvalue weighted by Gasteiger charge is -2.17. The van der Waals surface area contributed by atoms with Crippen LogP contribution in [0.4, 0.5) is 0 Å². The van der Waals surface area contributed by atoms with Crippen molar-refractivity contribution in [2.75, 3.05) is 6.61 Å². The highest BCUT2D eigenvalue weighted by molar-refractivity contribution is 5.30. The summed E-state index contributed by atoms with van der Waals surface area (Å²) in [5, 5.41) is 0. The van der Waals surface area contributed by atoms with E-state index in [9.17, 15) is 0 Å². The molecule has 1 heteroatoms. The summed E-state index contributed by atoms with van der Waals surface area (Å²) in [6.45, 7) is 5.52. The Bertz CT molecular complexity index is 326. The molecule has 0 radical (unpaired) electrons. The molecule has 1 heterocycles. The van der Waals surface area contributed by atoms with Crippen molar-refractivity contribution in [2.24, 2.45) is 5.92 Å². The quantitative estimate of drug-likeness (QED) is 0.738. The second kappa shape index (κ2) is 5.49. The molecule has 0 saturated carbocycles. The van der Waals surface area contributed by atoms with Crippen LogP contribution in [0.3, 0.4) is 0 Å². The molecule has 0 N–H and O–H groups in total. The van der Waals surface area contributed by atoms with Crippen molar-refractivity contribution in [3.05, 3.63) is 35.4 Å². The Hall–Kier alpha value is -0.820. The molecule has 1 aliphatic heterocycles. The summed E-state index contributed by atoms with van der Waals surface area (Å²) in [4.78, 5) is 0. The lowest BCUT2D eigenvalue weighted by Crippen LogP contribution is -2.05. The van der Waals surface area contributed by atoms with E-state index in [0.29, 0.717) is 6.10 Å². The summed E-state index contributed by atoms with van der Waals surface area (Å²) in [5.74, 6) is 0.766. The van der Waals surface area contributed by atoms with Crippen molar-refractivity contribution in [1.29, 1.82) is 0 Å². The molecule has 1 fully saturated rings. The fraction of sp³-hybridized carbons (Fsp3) is 0.600. The molecule has 0 aliphatic carbocycles. The maximum absolute atomic E-state index is 5.79. The SMILES string of the molecule is CCC(C)Cc1ccccc1C1CCCO1. The molecule has 16 heavy (non-hydrogen) atoms. The van der Waals surface area contributed by atoms with Crippen LogP contribution < -0.4 is 0 Å². The Labute approximate surface area is 98.8 Å². The zero-order valence-electron chi connectivity index (χ0n) is 10.4. The highest BCUT2D eigenvalue weighted by Crippen LogP contribution is 2.31. The lowest BCUT2D eigenvalue weighted by molar-refractivity contribution is 0.111. The molecule has 0 aromatic heterocycles. The van der Waals surface area contributed by atoms with Crippen LogP contribution in [0.2, 0.25) is 0 Å². The minimum atomic E-state index is 0.361. The normalized spacial score (nSPS) is 22.2. The Balaban J connectivity index is 2.16. The van der Waals surface area contributed by atoms with E-state index in [1.54, 1.807) is 0 Å². The van der Waals surface area contributed by atoms with Gasteiger partial charge in [-0.25, -0.2) is 0 Å². The van der Waals surface area contributed by atoms with Crippen LogP contribution >= 0.6 is 0 Å². The number of ether oxygens (including phenoxy) is 1. The van der Waals surface area contributed by atoms with Gasteiger partial charge in [-0.1, -0.05) is 44.5 Å². The third-order valence-electron chi connectivity index (χ3n) is 3.60. The van der Waals surface area contributed by atoms with E-state index in [2.05, 4.69) is 38.1 Å². The van der Waals surface area contributed by atoms with Gasteiger partial charge >= 0.3 is 0 Å². The van der Waals surface area contributed by atoms with Gasteiger partial charge in [0.25, 0.3) is 0 Å². The van der Waals surface area contributed by atoms with E-state index in [0.717, 1.165) is 12.5 Å². The molecule has 2 atom stereocenters. The van der Waals surface area contributed by atoms with E-state index in [-0.39, 0.29) is 0 Å². The van der Waals surface area contributed by atoms with Crippen LogP contribution in [-0.2, 0) is 11.2 Å². The Morgan fingerprint density at radius 3 is 2.88 bits per heavy atom. The molecular weight excluding hydrogens is 196 g/mol. The minimum Gasteiger partial charge on any atom is -0.374 e. The maximum Gasteiger partial charge on any atom is 0.0828 e. The van der Waals surface area contributed by atoms with Crippen molar-refractivity contribution < 1.29 is 4.74 Å². The average molecular weight is 218 g/mol. The molecule has 1 saturated heterocycles. The largest absolute Gasteiger partial charge is 0.374 e. The van der Waals surface area contributed by atoms with Crippen LogP contribution in [-0.4, -0.2) is 6.61 Å². The van der Waals surface area contributed by atoms with Gasteiger partial charge in [-0.2, -0.15) is 0 Å². The molecular formula is C15H22O. The Morgan fingerprint density at radius 1 is 1.38 bits per heavy atom. The summed E-state index contributed by atoms with van der Waals surface area (Å²) in [7, 11) is 0. The van der Waals surface area contributed by atoms with Gasteiger partial charge in [-0.05, 0) is 36.3 Å². The monoisotopic (exact) mass is 218 g/mol. The average Bonchev–Trinajstić information content (AvgIpc) is 2.83. The molecule has 1 nitrogen and oxygen atoms in total. The van der Waals surface area contributed by atoms with Crippen molar-refractivity contribution in [1.82, 2.24) is 0 Å². The van der Waals surface area contributed by atoms with Crippen LogP contribution in [0, 0.1) is 5.92 Å². The standard InChI is InChI=1S/C15H22O/c1-3-12(2)11-13-7-4-5-8-14(13)15-9-6-10-16-15/h4-5,7-8,12,15H,3,6,9-11H2,1-2H3. The van der Waals surface area contributed by atoms with Gasteiger partial charge < -0.3 is 4.74 Å². The predicted octanol–water partition coefficient (Wildman–Crippen LogP) is 4.13. The molecule has 0 spiro atoms. The third-order valence-corrected chi connectivity index (χ3v) is 3.60. The molecule has 0 bridgehead atoms. The van der Waals surface area contributed by atoms with E-state index in [4.69, 9.17) is 4.74 Å². The van der Waals surface area contributed by atoms with Crippen LogP contribution in [0.5, 0.6) is 0 Å². The molecule has 1 aromatic rings. The number of hydrogen-bond donors (Lipinski definition) is 0. The van der Waals surface area contributed by atoms with Crippen molar-refractivity contribution in [3.8, 4) is 0 Å². The summed E-state index contributed by atoms with van der Waals surface area (Å²) in [6.07, 6.45) is 5.20. The number of rotatable bonds is 4. The summed E-state index contributed by atoms with van der Waals surface area (Å²) in [6, 6.07) is 8.80. The summed E-state index contributed by atoms with van der Waals surface area (Å²) >= 11 is 0. The number of hydrogen-bond acceptors (Lipinski definition) is 1. The predicted molar refractivity (Wildman–Crippen MR) is 67.5 cm³/mol. The zero-order valence-corrected chi connectivity index (χ0v) is 10.4. The number of benzene rings is 1. The summed E-state index contributed by atoms with van der Waals surface area (Å²) < 4.78 is 5.79. The van der Waals surface area contributed by atoms with Gasteiger partial charge in [0.1, 0.15) is 0 Å². The first kappa shape index (κ1) is 11.7. The first-order valence-electron chi connectivity index (χ1n) is 6.50. The molecule has 2 unspecified atom stereocenters. The Kier molecular flexibility index (Phi) is 4.00. The van der Waals surface area contributed by atoms with Gasteiger partial charge in [-0.3, -0.25) is 0 Å². The first-order valence-corrected chi connectivity index (χ1v) is 6.50. The molecule has 2 rings (SSSR count). The van der Waals surface area contributed by atoms with E-state index in [1.165, 1.54) is 36.8 Å². The minimum absolute atomic E-state index is 0.361. The van der Waals surface area contributed by atoms with Crippen LogP contribution in [0.1, 0.15) is 50.3 Å². The van der Waals surface area contributed by atoms with Gasteiger partial charge in [0.05, 0.1) is 6.10 Å². The van der Waals surface area contributed by atoms with E-state index >= 15 is 0 Å². The first-order chi connectivity index (χ1) is 7.81. The smallest absolute Gasteiger partial charge is 0.0828 e. The van der Waals surface area contributed by atoms with Gasteiger partial charge in [0, 0.05) is 6.61 Å². The fourth-order valence-corrected chi connectivity index (χ4v) is 2.38. The highest BCUT2D eigenvalue weighted by Gasteiger charge is 2.20. The van der Waals surface area contributed by atoms with Gasteiger partial charge in [0.2, 0.25) is 0 Å². The second-order valence-corrected chi connectivity index (χ2v) is 4.92. The molecule has 88 valence electrons. The maximum atomic E-state index is 5.79. The van der Waals surface area contributed by atoms with Gasteiger partial charge in [0.15, 0.2) is 0 Å². The zero-order chi connectivity index (χ0) is 11.4. The lowest BCUT2D eigenvalue weighted by atomic mass is 9.92. The second-order valence-electron chi connectivity index (χ2n) is 4.92. The Morgan fingerprint density at radius 2 is 2.19 bits per heavy atom.